The van der Waals surface area contributed by atoms with Crippen LogP contribution < -0.4 is 0 Å². The van der Waals surface area contributed by atoms with Crippen molar-refractivity contribution in [2.24, 2.45) is 5.16 Å². The molecule has 0 N–H and O–H groups in total. The maximum atomic E-state index is 5.81. The monoisotopic (exact) mass is 161 g/mol. The van der Waals surface area contributed by atoms with Crippen LogP contribution in [0.4, 0.5) is 0 Å². The Hall–Kier alpha value is -0.240. The molecule has 1 heterocycles. The van der Waals surface area contributed by atoms with Crippen molar-refractivity contribution in [3.8, 4) is 0 Å². The van der Waals surface area contributed by atoms with E-state index in [0.717, 1.165) is 18.6 Å². The zero-order valence-corrected chi connectivity index (χ0v) is 7.06. The zero-order chi connectivity index (χ0) is 7.56. The molecule has 0 spiro atoms. The first-order valence-corrected chi connectivity index (χ1v) is 4.03. The Labute approximate surface area is 66.2 Å². The number of hydrogen-bond donors (Lipinski definition) is 0. The average molecular weight is 162 g/mol. The predicted octanol–water partition coefficient (Wildman–Crippen LogP) is 2.17. The number of rotatable bonds is 2. The molecule has 0 unspecified atom stereocenters. The van der Waals surface area contributed by atoms with Gasteiger partial charge in [0.1, 0.15) is 6.10 Å². The lowest BCUT2D eigenvalue weighted by atomic mass is 10.1. The minimum atomic E-state index is 0.0628. The predicted molar refractivity (Wildman–Crippen MR) is 42.5 cm³/mol. The highest BCUT2D eigenvalue weighted by Gasteiger charge is 2.23. The van der Waals surface area contributed by atoms with E-state index >= 15 is 0 Å². The highest BCUT2D eigenvalue weighted by Crippen LogP contribution is 2.18. The molecule has 0 aromatic carbocycles. The van der Waals surface area contributed by atoms with Crippen LogP contribution in [0.1, 0.15) is 26.7 Å². The van der Waals surface area contributed by atoms with Gasteiger partial charge in [0.2, 0.25) is 0 Å². The first-order chi connectivity index (χ1) is 4.74. The number of alkyl halides is 1. The quantitative estimate of drug-likeness (QED) is 0.569. The van der Waals surface area contributed by atoms with Crippen LogP contribution in [0.25, 0.3) is 0 Å². The minimum absolute atomic E-state index is 0.0628. The third kappa shape index (κ3) is 1.63. The van der Waals surface area contributed by atoms with Crippen LogP contribution in [0.15, 0.2) is 5.16 Å². The normalized spacial score (nSPS) is 27.5. The van der Waals surface area contributed by atoms with Gasteiger partial charge >= 0.3 is 0 Å². The van der Waals surface area contributed by atoms with E-state index in [0.29, 0.717) is 0 Å². The third-order valence-electron chi connectivity index (χ3n) is 1.67. The molecule has 3 heteroatoms. The Morgan fingerprint density at radius 2 is 2.60 bits per heavy atom. The van der Waals surface area contributed by atoms with Crippen LogP contribution in [0.3, 0.4) is 0 Å². The molecule has 0 aromatic rings. The maximum absolute atomic E-state index is 5.81. The molecule has 10 heavy (non-hydrogen) atoms. The van der Waals surface area contributed by atoms with Gasteiger partial charge in [-0.15, -0.1) is 11.6 Å². The zero-order valence-electron chi connectivity index (χ0n) is 6.30. The van der Waals surface area contributed by atoms with E-state index in [1.54, 1.807) is 0 Å². The number of hydrogen-bond acceptors (Lipinski definition) is 2. The summed E-state index contributed by atoms with van der Waals surface area (Å²) in [6, 6.07) is 0. The van der Waals surface area contributed by atoms with Crippen molar-refractivity contribution < 1.29 is 4.84 Å². The highest BCUT2D eigenvalue weighted by molar-refractivity contribution is 6.21. The Balaban J connectivity index is 2.36. The summed E-state index contributed by atoms with van der Waals surface area (Å²) in [5, 5.41) is 3.95. The van der Waals surface area contributed by atoms with Crippen LogP contribution in [0.5, 0.6) is 0 Å². The fourth-order valence-electron chi connectivity index (χ4n) is 0.904. The molecule has 0 bridgehead atoms. The molecular formula is C7H12ClNO. The Morgan fingerprint density at radius 3 is 2.90 bits per heavy atom. The summed E-state index contributed by atoms with van der Waals surface area (Å²) in [7, 11) is 0. The number of halogens is 1. The second kappa shape index (κ2) is 3.24. The summed E-state index contributed by atoms with van der Waals surface area (Å²) in [5.41, 5.74) is 1.12. The lowest BCUT2D eigenvalue weighted by Gasteiger charge is -2.08. The van der Waals surface area contributed by atoms with Crippen molar-refractivity contribution in [3.05, 3.63) is 0 Å². The van der Waals surface area contributed by atoms with Gasteiger partial charge in [0.05, 0.1) is 11.1 Å². The highest BCUT2D eigenvalue weighted by atomic mass is 35.5. The van der Waals surface area contributed by atoms with Gasteiger partial charge in [-0.05, 0) is 13.3 Å². The van der Waals surface area contributed by atoms with Crippen molar-refractivity contribution in [3.63, 3.8) is 0 Å². The van der Waals surface area contributed by atoms with Crippen LogP contribution in [0.2, 0.25) is 0 Å². The van der Waals surface area contributed by atoms with Crippen molar-refractivity contribution >= 4 is 17.3 Å². The van der Waals surface area contributed by atoms with Gasteiger partial charge in [-0.25, -0.2) is 0 Å². The van der Waals surface area contributed by atoms with Gasteiger partial charge in [-0.1, -0.05) is 12.1 Å². The first-order valence-electron chi connectivity index (χ1n) is 3.59. The van der Waals surface area contributed by atoms with E-state index in [2.05, 4.69) is 12.1 Å². The summed E-state index contributed by atoms with van der Waals surface area (Å²) >= 11 is 5.81. The van der Waals surface area contributed by atoms with E-state index in [1.165, 1.54) is 0 Å². The molecule has 0 aromatic heterocycles. The summed E-state index contributed by atoms with van der Waals surface area (Å²) in [6.07, 6.45) is 1.98. The van der Waals surface area contributed by atoms with Gasteiger partial charge in [0.15, 0.2) is 0 Å². The molecule has 1 rings (SSSR count). The van der Waals surface area contributed by atoms with Gasteiger partial charge in [-0.2, -0.15) is 0 Å². The lowest BCUT2D eigenvalue weighted by Crippen LogP contribution is -2.17. The molecule has 0 amide bonds. The number of oxime groups is 1. The molecule has 2 nitrogen and oxygen atoms in total. The number of nitrogens with zero attached hydrogens (tertiary/aromatic N) is 1. The van der Waals surface area contributed by atoms with E-state index in [1.807, 2.05) is 6.92 Å². The Bertz CT molecular complexity index is 145. The maximum Gasteiger partial charge on any atom is 0.148 e. The second-order valence-electron chi connectivity index (χ2n) is 2.54. The van der Waals surface area contributed by atoms with E-state index < -0.39 is 0 Å². The van der Waals surface area contributed by atoms with Crippen LogP contribution >= 0.6 is 11.6 Å². The van der Waals surface area contributed by atoms with E-state index in [-0.39, 0.29) is 11.5 Å². The topological polar surface area (TPSA) is 21.6 Å². The van der Waals surface area contributed by atoms with Gasteiger partial charge < -0.3 is 4.84 Å². The van der Waals surface area contributed by atoms with Gasteiger partial charge in [0, 0.05) is 6.42 Å². The summed E-state index contributed by atoms with van der Waals surface area (Å²) < 4.78 is 0. The molecule has 0 saturated heterocycles. The summed E-state index contributed by atoms with van der Waals surface area (Å²) in [5.74, 6) is 0. The van der Waals surface area contributed by atoms with Crippen molar-refractivity contribution in [1.82, 2.24) is 0 Å². The van der Waals surface area contributed by atoms with E-state index in [4.69, 9.17) is 16.4 Å². The smallest absolute Gasteiger partial charge is 0.148 e. The fraction of sp³-hybridized carbons (Fsp3) is 0.857. The summed E-state index contributed by atoms with van der Waals surface area (Å²) in [6.45, 7) is 4.00. The molecular weight excluding hydrogens is 150 g/mol. The summed E-state index contributed by atoms with van der Waals surface area (Å²) in [4.78, 5) is 5.07. The van der Waals surface area contributed by atoms with Crippen LogP contribution in [-0.2, 0) is 4.84 Å². The largest absolute Gasteiger partial charge is 0.391 e. The van der Waals surface area contributed by atoms with Crippen molar-refractivity contribution in [2.75, 3.05) is 0 Å². The van der Waals surface area contributed by atoms with Crippen LogP contribution in [-0.4, -0.2) is 17.2 Å². The van der Waals surface area contributed by atoms with Crippen LogP contribution in [0, 0.1) is 0 Å². The Kier molecular flexibility index (Phi) is 2.55. The minimum Gasteiger partial charge on any atom is -0.391 e. The lowest BCUT2D eigenvalue weighted by molar-refractivity contribution is 0.0854. The Morgan fingerprint density at radius 1 is 1.90 bits per heavy atom. The molecule has 0 radical (unpaired) electrons. The van der Waals surface area contributed by atoms with Crippen molar-refractivity contribution in [1.29, 1.82) is 0 Å². The first kappa shape index (κ1) is 7.86. The molecule has 0 aliphatic carbocycles. The van der Waals surface area contributed by atoms with Crippen molar-refractivity contribution in [2.45, 2.75) is 38.2 Å². The third-order valence-corrected chi connectivity index (χ3v) is 1.96. The fourth-order valence-corrected chi connectivity index (χ4v) is 1.04. The molecule has 2 atom stereocenters. The second-order valence-corrected chi connectivity index (χ2v) is 3.23. The van der Waals surface area contributed by atoms with Gasteiger partial charge in [-0.3, -0.25) is 0 Å². The standard InChI is InChI=1S/C7H12ClNO/c1-3-6-4-7(5(2)8)10-9-6/h5,7H,3-4H2,1-2H3/t5-,7+/m0/s1. The molecule has 1 aliphatic rings. The molecule has 58 valence electrons. The SMILES string of the molecule is CCC1=NO[C@@H]([C@H](C)Cl)C1. The van der Waals surface area contributed by atoms with Gasteiger partial charge in [0.25, 0.3) is 0 Å². The van der Waals surface area contributed by atoms with E-state index in [9.17, 15) is 0 Å². The average Bonchev–Trinajstić information content (AvgIpc) is 2.34. The molecule has 0 saturated carbocycles. The molecule has 1 aliphatic heterocycles. The molecule has 0 fully saturated rings.